The minimum Gasteiger partial charge on any atom is -0.434 e. The maximum absolute atomic E-state index is 13.2. The number of nitrogens with one attached hydrogen (secondary N) is 1. The van der Waals surface area contributed by atoms with Crippen LogP contribution in [0.5, 0.6) is 0 Å². The normalized spacial score (nSPS) is 22.2. The zero-order chi connectivity index (χ0) is 25.0. The van der Waals surface area contributed by atoms with Crippen molar-refractivity contribution in [2.24, 2.45) is 0 Å². The molecule has 0 bridgehead atoms. The number of rotatable bonds is 6. The van der Waals surface area contributed by atoms with E-state index < -0.39 is 61.2 Å². The van der Waals surface area contributed by atoms with Crippen LogP contribution in [0.25, 0.3) is 0 Å². The lowest BCUT2D eigenvalue weighted by Gasteiger charge is -2.39. The molecule has 33 heavy (non-hydrogen) atoms. The summed E-state index contributed by atoms with van der Waals surface area (Å²) in [4.78, 5) is 35.3. The summed E-state index contributed by atoms with van der Waals surface area (Å²) in [5, 5.41) is 1.66. The van der Waals surface area contributed by atoms with Gasteiger partial charge in [-0.3, -0.25) is 14.4 Å². The Kier molecular flexibility index (Phi) is 8.33. The number of ether oxygens (including phenoxy) is 2. The van der Waals surface area contributed by atoms with E-state index in [2.05, 4.69) is 0 Å². The molecule has 1 aromatic carbocycles. The van der Waals surface area contributed by atoms with Crippen molar-refractivity contribution in [2.75, 3.05) is 6.54 Å². The van der Waals surface area contributed by atoms with Gasteiger partial charge in [-0.25, -0.2) is 0 Å². The first-order chi connectivity index (χ1) is 15.2. The third-order valence-corrected chi connectivity index (χ3v) is 4.96. The SMILES string of the molecule is CC(=O)O[C@H]1O[C@H](CN(C(=O)C(F)(F)F)[C@H](C)c2ccccc2)CC[C@H]1NC(=O)C(F)(F)F. The van der Waals surface area contributed by atoms with Gasteiger partial charge in [0, 0.05) is 13.5 Å². The topological polar surface area (TPSA) is 84.9 Å². The number of nitrogens with zero attached hydrogens (tertiary/aromatic N) is 1. The molecule has 2 rings (SSSR count). The van der Waals surface area contributed by atoms with Crippen LogP contribution < -0.4 is 5.32 Å². The second kappa shape index (κ2) is 10.4. The second-order valence-electron chi connectivity index (χ2n) is 7.43. The molecular formula is C20H22F6N2O5. The number of carbonyl (C=O) groups is 3. The molecule has 13 heteroatoms. The molecule has 2 amide bonds. The highest BCUT2D eigenvalue weighted by Crippen LogP contribution is 2.30. The van der Waals surface area contributed by atoms with Crippen molar-refractivity contribution in [1.82, 2.24) is 10.2 Å². The zero-order valence-corrected chi connectivity index (χ0v) is 17.6. The molecule has 1 aromatic rings. The molecule has 7 nitrogen and oxygen atoms in total. The van der Waals surface area contributed by atoms with Crippen LogP contribution in [0.1, 0.15) is 38.3 Å². The number of hydrogen-bond acceptors (Lipinski definition) is 5. The summed E-state index contributed by atoms with van der Waals surface area (Å²) < 4.78 is 87.7. The summed E-state index contributed by atoms with van der Waals surface area (Å²) in [6.45, 7) is 1.76. The highest BCUT2D eigenvalue weighted by molar-refractivity contribution is 5.82. The molecule has 0 aromatic heterocycles. The number of amides is 2. The summed E-state index contributed by atoms with van der Waals surface area (Å²) in [5.41, 5.74) is 0.415. The predicted molar refractivity (Wildman–Crippen MR) is 100 cm³/mol. The fourth-order valence-electron chi connectivity index (χ4n) is 3.36. The third-order valence-electron chi connectivity index (χ3n) is 4.96. The molecule has 1 aliphatic heterocycles. The van der Waals surface area contributed by atoms with Gasteiger partial charge >= 0.3 is 30.1 Å². The number of hydrogen-bond donors (Lipinski definition) is 1. The summed E-state index contributed by atoms with van der Waals surface area (Å²) in [7, 11) is 0. The maximum atomic E-state index is 13.2. The van der Waals surface area contributed by atoms with E-state index in [1.54, 1.807) is 23.5 Å². The Morgan fingerprint density at radius 2 is 1.70 bits per heavy atom. The number of alkyl halides is 6. The van der Waals surface area contributed by atoms with Gasteiger partial charge in [-0.05, 0) is 25.3 Å². The van der Waals surface area contributed by atoms with E-state index in [4.69, 9.17) is 9.47 Å². The maximum Gasteiger partial charge on any atom is 0.471 e. The highest BCUT2D eigenvalue weighted by atomic mass is 19.4. The molecule has 184 valence electrons. The van der Waals surface area contributed by atoms with Crippen LogP contribution in [-0.2, 0) is 23.9 Å². The smallest absolute Gasteiger partial charge is 0.434 e. The zero-order valence-electron chi connectivity index (χ0n) is 17.6. The van der Waals surface area contributed by atoms with Crippen LogP contribution in [0.3, 0.4) is 0 Å². The molecule has 0 aliphatic carbocycles. The largest absolute Gasteiger partial charge is 0.471 e. The first-order valence-electron chi connectivity index (χ1n) is 9.83. The van der Waals surface area contributed by atoms with Crippen LogP contribution in [0.2, 0.25) is 0 Å². The third kappa shape index (κ3) is 7.34. The Labute approximate surface area is 185 Å². The van der Waals surface area contributed by atoms with Crippen molar-refractivity contribution in [3.63, 3.8) is 0 Å². The van der Waals surface area contributed by atoms with E-state index in [9.17, 15) is 40.7 Å². The molecule has 1 aliphatic rings. The van der Waals surface area contributed by atoms with Gasteiger partial charge in [-0.2, -0.15) is 26.3 Å². The van der Waals surface area contributed by atoms with Crippen LogP contribution in [0, 0.1) is 0 Å². The molecule has 1 N–H and O–H groups in total. The Morgan fingerprint density at radius 3 is 2.21 bits per heavy atom. The molecule has 0 saturated carbocycles. The second-order valence-corrected chi connectivity index (χ2v) is 7.43. The Morgan fingerprint density at radius 1 is 1.09 bits per heavy atom. The van der Waals surface area contributed by atoms with Crippen LogP contribution in [0.15, 0.2) is 30.3 Å². The van der Waals surface area contributed by atoms with E-state index in [0.717, 1.165) is 6.92 Å². The van der Waals surface area contributed by atoms with E-state index in [-0.39, 0.29) is 12.8 Å². The highest BCUT2D eigenvalue weighted by Gasteiger charge is 2.47. The van der Waals surface area contributed by atoms with Gasteiger partial charge in [0.05, 0.1) is 18.2 Å². The lowest BCUT2D eigenvalue weighted by molar-refractivity contribution is -0.219. The van der Waals surface area contributed by atoms with Crippen LogP contribution in [-0.4, -0.2) is 60.0 Å². The molecule has 4 atom stereocenters. The average molecular weight is 484 g/mol. The predicted octanol–water partition coefficient (Wildman–Crippen LogP) is 3.25. The molecule has 0 radical (unpaired) electrons. The van der Waals surface area contributed by atoms with Crippen LogP contribution in [0.4, 0.5) is 26.3 Å². The van der Waals surface area contributed by atoms with Crippen molar-refractivity contribution >= 4 is 17.8 Å². The lowest BCUT2D eigenvalue weighted by atomic mass is 10.0. The summed E-state index contributed by atoms with van der Waals surface area (Å²) in [6, 6.07) is 5.50. The van der Waals surface area contributed by atoms with Crippen molar-refractivity contribution in [3.8, 4) is 0 Å². The molecule has 1 saturated heterocycles. The van der Waals surface area contributed by atoms with Crippen molar-refractivity contribution < 1.29 is 50.2 Å². The van der Waals surface area contributed by atoms with E-state index in [1.165, 1.54) is 19.1 Å². The van der Waals surface area contributed by atoms with Crippen LogP contribution >= 0.6 is 0 Å². The standard InChI is InChI=1S/C20H22F6N2O5/c1-11(13-6-4-3-5-7-13)28(18(31)20(24,25)26)10-14-8-9-15(16(33-14)32-12(2)29)27-17(30)19(21,22)23/h3-7,11,14-16H,8-10H2,1-2H3,(H,27,30)/t11-,14+,15-,16+/m1/s1. The lowest BCUT2D eigenvalue weighted by Crippen LogP contribution is -2.56. The fraction of sp³-hybridized carbons (Fsp3) is 0.550. The van der Waals surface area contributed by atoms with Gasteiger partial charge in [0.25, 0.3) is 0 Å². The van der Waals surface area contributed by atoms with Gasteiger partial charge in [-0.15, -0.1) is 0 Å². The fourth-order valence-corrected chi connectivity index (χ4v) is 3.36. The number of halogens is 6. The summed E-state index contributed by atoms with van der Waals surface area (Å²) >= 11 is 0. The van der Waals surface area contributed by atoms with Crippen molar-refractivity contribution in [2.45, 2.75) is 63.5 Å². The van der Waals surface area contributed by atoms with Gasteiger partial charge < -0.3 is 19.7 Å². The van der Waals surface area contributed by atoms with E-state index in [1.807, 2.05) is 0 Å². The Bertz CT molecular complexity index is 846. The van der Waals surface area contributed by atoms with E-state index >= 15 is 0 Å². The monoisotopic (exact) mass is 484 g/mol. The molecule has 1 fully saturated rings. The minimum atomic E-state index is -5.20. The van der Waals surface area contributed by atoms with Gasteiger partial charge in [0.15, 0.2) is 0 Å². The van der Waals surface area contributed by atoms with Gasteiger partial charge in [0.1, 0.15) is 0 Å². The Balaban J connectivity index is 2.21. The van der Waals surface area contributed by atoms with E-state index in [0.29, 0.717) is 10.5 Å². The number of esters is 1. The molecule has 0 unspecified atom stereocenters. The summed E-state index contributed by atoms with van der Waals surface area (Å²) in [6.07, 6.45) is -13.5. The minimum absolute atomic E-state index is 0.107. The average Bonchev–Trinajstić information content (AvgIpc) is 2.71. The molecular weight excluding hydrogens is 462 g/mol. The molecule has 1 heterocycles. The van der Waals surface area contributed by atoms with Gasteiger partial charge in [-0.1, -0.05) is 30.3 Å². The van der Waals surface area contributed by atoms with Crippen molar-refractivity contribution in [3.05, 3.63) is 35.9 Å². The summed E-state index contributed by atoms with van der Waals surface area (Å²) in [5.74, 6) is -5.34. The number of carbonyl (C=O) groups excluding carboxylic acids is 3. The Hall–Kier alpha value is -2.83. The van der Waals surface area contributed by atoms with Gasteiger partial charge in [0.2, 0.25) is 6.29 Å². The number of benzene rings is 1. The first kappa shape index (κ1) is 26.4. The van der Waals surface area contributed by atoms with Crippen molar-refractivity contribution in [1.29, 1.82) is 0 Å². The quantitative estimate of drug-likeness (QED) is 0.495. The molecule has 0 spiro atoms. The first-order valence-corrected chi connectivity index (χ1v) is 9.83.